The van der Waals surface area contributed by atoms with Gasteiger partial charge in [0.15, 0.2) is 0 Å². The van der Waals surface area contributed by atoms with Crippen molar-refractivity contribution in [3.8, 4) is 0 Å². The highest BCUT2D eigenvalue weighted by Crippen LogP contribution is 1.89. The van der Waals surface area contributed by atoms with Gasteiger partial charge in [-0.3, -0.25) is 0 Å². The number of hydrogen-bond acceptors (Lipinski definition) is 0. The summed E-state index contributed by atoms with van der Waals surface area (Å²) >= 11 is 0. The van der Waals surface area contributed by atoms with E-state index in [0.29, 0.717) is 0 Å². The number of rotatable bonds is 1. The first kappa shape index (κ1) is 12.7. The van der Waals surface area contributed by atoms with Crippen LogP contribution in [0.2, 0.25) is 0 Å². The van der Waals surface area contributed by atoms with E-state index in [1.165, 1.54) is 16.4 Å². The van der Waals surface area contributed by atoms with Crippen molar-refractivity contribution in [3.05, 3.63) is 45.8 Å². The molecule has 0 saturated carbocycles. The van der Waals surface area contributed by atoms with Crippen molar-refractivity contribution < 1.29 is 0 Å². The van der Waals surface area contributed by atoms with Crippen LogP contribution in [0.3, 0.4) is 0 Å². The standard InChI is InChI=1S/C13H16.CH4/c1-10(2)5-8-13-9-11(3)6-7-12(13)4;/h5-9H,4H2,1-3H3;1H4/b13-8-;. The topological polar surface area (TPSA) is 0 Å². The van der Waals surface area contributed by atoms with Crippen LogP contribution in [-0.2, 0) is 0 Å². The van der Waals surface area contributed by atoms with E-state index >= 15 is 0 Å². The highest BCUT2D eigenvalue weighted by Gasteiger charge is 1.83. The second-order valence-electron chi connectivity index (χ2n) is 3.61. The number of hydrogen-bond donors (Lipinski definition) is 0. The Kier molecular flexibility index (Phi) is 4.93. The lowest BCUT2D eigenvalue weighted by molar-refractivity contribution is 1.38. The molecule has 76 valence electrons. The molecule has 0 saturated heterocycles. The Balaban J connectivity index is 0.00000169. The van der Waals surface area contributed by atoms with Gasteiger partial charge in [-0.15, -0.1) is 0 Å². The van der Waals surface area contributed by atoms with E-state index in [-0.39, 0.29) is 7.43 Å². The van der Waals surface area contributed by atoms with Gasteiger partial charge in [0.25, 0.3) is 0 Å². The maximum atomic E-state index is 3.98. The lowest BCUT2D eigenvalue weighted by Crippen LogP contribution is -2.22. The fourth-order valence-electron chi connectivity index (χ4n) is 1.13. The van der Waals surface area contributed by atoms with Crippen molar-refractivity contribution in [2.45, 2.75) is 28.2 Å². The molecule has 0 aliphatic rings. The summed E-state index contributed by atoms with van der Waals surface area (Å²) in [5.41, 5.74) is 2.58. The Morgan fingerprint density at radius 3 is 2.50 bits per heavy atom. The fourth-order valence-corrected chi connectivity index (χ4v) is 1.13. The highest BCUT2D eigenvalue weighted by atomic mass is 13.9. The van der Waals surface area contributed by atoms with Crippen LogP contribution in [-0.4, -0.2) is 0 Å². The van der Waals surface area contributed by atoms with Gasteiger partial charge in [-0.2, -0.15) is 0 Å². The molecular formula is C14H20. The van der Waals surface area contributed by atoms with Crippen LogP contribution >= 0.6 is 0 Å². The molecule has 0 aliphatic carbocycles. The molecule has 14 heavy (non-hydrogen) atoms. The average Bonchev–Trinajstić information content (AvgIpc) is 2.06. The highest BCUT2D eigenvalue weighted by molar-refractivity contribution is 5.40. The average molecular weight is 188 g/mol. The predicted molar refractivity (Wildman–Crippen MR) is 66.6 cm³/mol. The second kappa shape index (κ2) is 5.43. The van der Waals surface area contributed by atoms with E-state index in [9.17, 15) is 0 Å². The Morgan fingerprint density at radius 2 is 1.93 bits per heavy atom. The zero-order valence-electron chi connectivity index (χ0n) is 8.59. The lowest BCUT2D eigenvalue weighted by Gasteiger charge is -1.92. The summed E-state index contributed by atoms with van der Waals surface area (Å²) in [5.74, 6) is 0. The monoisotopic (exact) mass is 188 g/mol. The molecule has 0 atom stereocenters. The molecule has 0 aromatic heterocycles. The molecule has 1 aromatic carbocycles. The summed E-state index contributed by atoms with van der Waals surface area (Å²) in [7, 11) is 0. The molecule has 0 nitrogen and oxygen atoms in total. The second-order valence-corrected chi connectivity index (χ2v) is 3.61. The van der Waals surface area contributed by atoms with E-state index in [1.807, 2.05) is 0 Å². The van der Waals surface area contributed by atoms with Crippen LogP contribution in [0.25, 0.3) is 12.7 Å². The number of benzene rings is 1. The van der Waals surface area contributed by atoms with Gasteiger partial charge in [0.1, 0.15) is 0 Å². The third-order valence-electron chi connectivity index (χ3n) is 1.90. The normalized spacial score (nSPS) is 10.6. The molecule has 0 bridgehead atoms. The van der Waals surface area contributed by atoms with E-state index in [2.05, 4.69) is 57.7 Å². The number of allylic oxidation sites excluding steroid dienone is 2. The lowest BCUT2D eigenvalue weighted by atomic mass is 10.1. The van der Waals surface area contributed by atoms with Gasteiger partial charge in [-0.05, 0) is 31.2 Å². The molecule has 0 heteroatoms. The van der Waals surface area contributed by atoms with Crippen LogP contribution in [0.4, 0.5) is 0 Å². The van der Waals surface area contributed by atoms with E-state index < -0.39 is 0 Å². The zero-order chi connectivity index (χ0) is 9.84. The van der Waals surface area contributed by atoms with Crippen LogP contribution in [0.1, 0.15) is 26.8 Å². The van der Waals surface area contributed by atoms with Crippen molar-refractivity contribution in [2.24, 2.45) is 0 Å². The van der Waals surface area contributed by atoms with Crippen LogP contribution in [0, 0.1) is 6.92 Å². The van der Waals surface area contributed by atoms with Gasteiger partial charge in [-0.1, -0.05) is 55.5 Å². The van der Waals surface area contributed by atoms with Crippen molar-refractivity contribution in [2.75, 3.05) is 0 Å². The summed E-state index contributed by atoms with van der Waals surface area (Å²) in [4.78, 5) is 0. The summed E-state index contributed by atoms with van der Waals surface area (Å²) in [6.45, 7) is 10.3. The first-order valence-electron chi connectivity index (χ1n) is 4.50. The van der Waals surface area contributed by atoms with Crippen LogP contribution < -0.4 is 10.4 Å². The Morgan fingerprint density at radius 1 is 1.29 bits per heavy atom. The molecule has 0 amide bonds. The first-order valence-corrected chi connectivity index (χ1v) is 4.50. The van der Waals surface area contributed by atoms with Crippen LogP contribution in [0.5, 0.6) is 0 Å². The largest absolute Gasteiger partial charge is 0.0912 e. The van der Waals surface area contributed by atoms with Gasteiger partial charge < -0.3 is 0 Å². The molecule has 0 spiro atoms. The Bertz CT molecular complexity index is 418. The molecule has 0 aliphatic heterocycles. The molecule has 0 heterocycles. The third kappa shape index (κ3) is 3.61. The quantitative estimate of drug-likeness (QED) is 0.635. The Labute approximate surface area is 87.3 Å². The van der Waals surface area contributed by atoms with Crippen molar-refractivity contribution in [1.29, 1.82) is 0 Å². The van der Waals surface area contributed by atoms with Crippen molar-refractivity contribution >= 4 is 12.7 Å². The summed E-state index contributed by atoms with van der Waals surface area (Å²) in [5, 5.41) is 2.30. The van der Waals surface area contributed by atoms with Gasteiger partial charge in [-0.25, -0.2) is 0 Å². The maximum absolute atomic E-state index is 3.98. The van der Waals surface area contributed by atoms with Crippen LogP contribution in [0.15, 0.2) is 29.8 Å². The van der Waals surface area contributed by atoms with E-state index in [0.717, 1.165) is 5.22 Å². The molecule has 0 unspecified atom stereocenters. The fraction of sp³-hybridized carbons (Fsp3) is 0.286. The van der Waals surface area contributed by atoms with Gasteiger partial charge in [0.05, 0.1) is 0 Å². The molecule has 0 fully saturated rings. The molecule has 1 rings (SSSR count). The minimum atomic E-state index is 0. The summed E-state index contributed by atoms with van der Waals surface area (Å²) in [6.07, 6.45) is 4.23. The molecule has 0 N–H and O–H groups in total. The van der Waals surface area contributed by atoms with Crippen molar-refractivity contribution in [1.82, 2.24) is 0 Å². The third-order valence-corrected chi connectivity index (χ3v) is 1.90. The SMILES string of the molecule is C.C=c1ccc(C)c/c1=C/C=C(C)C. The minimum absolute atomic E-state index is 0. The summed E-state index contributed by atoms with van der Waals surface area (Å²) in [6, 6.07) is 6.30. The molecule has 0 radical (unpaired) electrons. The maximum Gasteiger partial charge on any atom is -0.0187 e. The zero-order valence-corrected chi connectivity index (χ0v) is 8.59. The predicted octanol–water partition coefficient (Wildman–Crippen LogP) is 2.79. The minimum Gasteiger partial charge on any atom is -0.0912 e. The molecular weight excluding hydrogens is 168 g/mol. The van der Waals surface area contributed by atoms with E-state index in [1.54, 1.807) is 0 Å². The Hall–Kier alpha value is -1.30. The molecule has 1 aromatic rings. The van der Waals surface area contributed by atoms with E-state index in [4.69, 9.17) is 0 Å². The smallest absolute Gasteiger partial charge is 0.0187 e. The van der Waals surface area contributed by atoms with Gasteiger partial charge >= 0.3 is 0 Å². The van der Waals surface area contributed by atoms with Gasteiger partial charge in [0, 0.05) is 0 Å². The van der Waals surface area contributed by atoms with Gasteiger partial charge in [0.2, 0.25) is 0 Å². The number of aryl methyl sites for hydroxylation is 1. The van der Waals surface area contributed by atoms with Crippen molar-refractivity contribution in [3.63, 3.8) is 0 Å². The summed E-state index contributed by atoms with van der Waals surface area (Å²) < 4.78 is 0. The first-order chi connectivity index (χ1) is 6.09.